The van der Waals surface area contributed by atoms with E-state index in [2.05, 4.69) is 29.2 Å². The van der Waals surface area contributed by atoms with Crippen molar-refractivity contribution in [1.82, 2.24) is 15.2 Å². The van der Waals surface area contributed by atoms with Crippen LogP contribution in [0.1, 0.15) is 50.6 Å². The normalized spacial score (nSPS) is 30.5. The Hall–Kier alpha value is -1.13. The van der Waals surface area contributed by atoms with Crippen molar-refractivity contribution in [3.63, 3.8) is 0 Å². The van der Waals surface area contributed by atoms with E-state index in [1.165, 1.54) is 31.2 Å². The Kier molecular flexibility index (Phi) is 4.45. The van der Waals surface area contributed by atoms with Crippen LogP contribution in [0, 0.1) is 5.92 Å². The van der Waals surface area contributed by atoms with Crippen molar-refractivity contribution in [3.05, 3.63) is 24.0 Å². The van der Waals surface area contributed by atoms with Gasteiger partial charge in [0.05, 0.1) is 0 Å². The van der Waals surface area contributed by atoms with Gasteiger partial charge in [0.1, 0.15) is 0 Å². The molecule has 116 valence electrons. The highest BCUT2D eigenvalue weighted by Gasteiger charge is 2.41. The molecule has 0 saturated carbocycles. The summed E-state index contributed by atoms with van der Waals surface area (Å²) in [4.78, 5) is 6.90. The predicted octanol–water partition coefficient (Wildman–Crippen LogP) is 2.58. The first kappa shape index (κ1) is 14.8. The van der Waals surface area contributed by atoms with E-state index in [1.54, 1.807) is 6.20 Å². The van der Waals surface area contributed by atoms with E-state index in [-0.39, 0.29) is 0 Å². The van der Waals surface area contributed by atoms with Gasteiger partial charge in [0.25, 0.3) is 0 Å². The average Bonchev–Trinajstić information content (AvgIpc) is 2.72. The summed E-state index contributed by atoms with van der Waals surface area (Å²) in [5.74, 6) is 0.678. The largest absolute Gasteiger partial charge is 0.398 e. The molecule has 2 aliphatic rings. The van der Waals surface area contributed by atoms with Gasteiger partial charge in [0.2, 0.25) is 0 Å². The number of hydrogen-bond donors (Lipinski definition) is 2. The fraction of sp³-hybridized carbons (Fsp3) is 0.706. The van der Waals surface area contributed by atoms with Crippen LogP contribution in [0.5, 0.6) is 0 Å². The molecule has 0 spiro atoms. The Morgan fingerprint density at radius 2 is 2.10 bits per heavy atom. The first-order valence-corrected chi connectivity index (χ1v) is 8.35. The van der Waals surface area contributed by atoms with E-state index < -0.39 is 0 Å². The van der Waals surface area contributed by atoms with Crippen LogP contribution in [0.25, 0.3) is 0 Å². The molecule has 2 aliphatic heterocycles. The maximum atomic E-state index is 6.22. The Morgan fingerprint density at radius 3 is 2.71 bits per heavy atom. The first-order valence-electron chi connectivity index (χ1n) is 8.35. The third kappa shape index (κ3) is 2.92. The van der Waals surface area contributed by atoms with Crippen molar-refractivity contribution < 1.29 is 0 Å². The zero-order valence-electron chi connectivity index (χ0n) is 13.3. The highest BCUT2D eigenvalue weighted by Crippen LogP contribution is 2.43. The number of nitrogens with zero attached hydrogens (tertiary/aromatic N) is 2. The van der Waals surface area contributed by atoms with Crippen LogP contribution in [-0.4, -0.2) is 35.6 Å². The second kappa shape index (κ2) is 6.32. The molecule has 21 heavy (non-hydrogen) atoms. The molecule has 0 amide bonds. The van der Waals surface area contributed by atoms with E-state index in [1.807, 2.05) is 12.3 Å². The van der Waals surface area contributed by atoms with Crippen LogP contribution in [0.2, 0.25) is 0 Å². The van der Waals surface area contributed by atoms with E-state index in [4.69, 9.17) is 5.73 Å². The molecule has 0 aliphatic carbocycles. The summed E-state index contributed by atoms with van der Waals surface area (Å²) in [5, 5.41) is 3.74. The van der Waals surface area contributed by atoms with E-state index in [0.29, 0.717) is 12.0 Å². The zero-order valence-corrected chi connectivity index (χ0v) is 13.3. The molecule has 1 aromatic rings. The molecule has 3 rings (SSSR count). The number of nitrogens with one attached hydrogen (secondary N) is 1. The Balaban J connectivity index is 1.81. The van der Waals surface area contributed by atoms with Crippen LogP contribution in [0.3, 0.4) is 0 Å². The van der Waals surface area contributed by atoms with Gasteiger partial charge >= 0.3 is 0 Å². The number of hydrogen-bond acceptors (Lipinski definition) is 4. The highest BCUT2D eigenvalue weighted by atomic mass is 15.2. The van der Waals surface area contributed by atoms with Gasteiger partial charge in [0, 0.05) is 41.8 Å². The topological polar surface area (TPSA) is 54.2 Å². The molecule has 0 radical (unpaired) electrons. The minimum atomic E-state index is 0.357. The standard InChI is InChI=1S/C17H28N4/c1-3-7-20-17(15-11-19-8-6-16(15)18)12-9-13-4-5-14(10-12)21(13)2/h6,8,11-14,17,20H,3-5,7,9-10H2,1-2H3,(H2,18,19). The van der Waals surface area contributed by atoms with Gasteiger partial charge in [-0.05, 0) is 57.7 Å². The number of rotatable bonds is 5. The predicted molar refractivity (Wildman–Crippen MR) is 87.0 cm³/mol. The van der Waals surface area contributed by atoms with Crippen LogP contribution >= 0.6 is 0 Å². The van der Waals surface area contributed by atoms with E-state index in [9.17, 15) is 0 Å². The van der Waals surface area contributed by atoms with Crippen LogP contribution in [-0.2, 0) is 0 Å². The molecular weight excluding hydrogens is 260 g/mol. The second-order valence-electron chi connectivity index (χ2n) is 6.72. The molecule has 2 bridgehead atoms. The molecule has 3 heterocycles. The van der Waals surface area contributed by atoms with Crippen LogP contribution in [0.4, 0.5) is 5.69 Å². The molecule has 3 unspecified atom stereocenters. The van der Waals surface area contributed by atoms with E-state index in [0.717, 1.165) is 30.7 Å². The van der Waals surface area contributed by atoms with Crippen LogP contribution in [0.15, 0.2) is 18.5 Å². The van der Waals surface area contributed by atoms with Gasteiger partial charge in [0.15, 0.2) is 0 Å². The van der Waals surface area contributed by atoms with Gasteiger partial charge in [-0.25, -0.2) is 0 Å². The van der Waals surface area contributed by atoms with Gasteiger partial charge in [-0.3, -0.25) is 4.98 Å². The fourth-order valence-corrected chi connectivity index (χ4v) is 4.23. The molecule has 1 aromatic heterocycles. The number of nitrogen functional groups attached to an aromatic ring is 1. The molecule has 3 N–H and O–H groups in total. The third-order valence-electron chi connectivity index (χ3n) is 5.44. The molecule has 2 saturated heterocycles. The van der Waals surface area contributed by atoms with Gasteiger partial charge in [-0.1, -0.05) is 6.92 Å². The third-order valence-corrected chi connectivity index (χ3v) is 5.44. The monoisotopic (exact) mass is 288 g/mol. The first-order chi connectivity index (χ1) is 10.2. The molecule has 3 atom stereocenters. The fourth-order valence-electron chi connectivity index (χ4n) is 4.23. The lowest BCUT2D eigenvalue weighted by atomic mass is 9.82. The number of pyridine rings is 1. The summed E-state index contributed by atoms with van der Waals surface area (Å²) >= 11 is 0. The Bertz CT molecular complexity index is 462. The van der Waals surface area contributed by atoms with Gasteiger partial charge in [-0.2, -0.15) is 0 Å². The molecule has 0 aromatic carbocycles. The maximum Gasteiger partial charge on any atom is 0.0393 e. The molecular formula is C17H28N4. The van der Waals surface area contributed by atoms with Gasteiger partial charge < -0.3 is 16.0 Å². The second-order valence-corrected chi connectivity index (χ2v) is 6.72. The summed E-state index contributed by atoms with van der Waals surface area (Å²) in [7, 11) is 2.30. The van der Waals surface area contributed by atoms with Crippen molar-refractivity contribution >= 4 is 5.69 Å². The van der Waals surface area contributed by atoms with Crippen LogP contribution < -0.4 is 11.1 Å². The quantitative estimate of drug-likeness (QED) is 0.874. The summed E-state index contributed by atoms with van der Waals surface area (Å²) in [5.41, 5.74) is 8.30. The number of aromatic nitrogens is 1. The molecule has 2 fully saturated rings. The Labute approximate surface area is 128 Å². The summed E-state index contributed by atoms with van der Waals surface area (Å²) in [6.45, 7) is 3.26. The lowest BCUT2D eigenvalue weighted by molar-refractivity contribution is 0.112. The van der Waals surface area contributed by atoms with E-state index >= 15 is 0 Å². The maximum absolute atomic E-state index is 6.22. The molecule has 4 nitrogen and oxygen atoms in total. The SMILES string of the molecule is CCCNC(c1cnccc1N)C1CC2CCC(C1)N2C. The highest BCUT2D eigenvalue weighted by molar-refractivity contribution is 5.46. The number of anilines is 1. The summed E-state index contributed by atoms with van der Waals surface area (Å²) < 4.78 is 0. The minimum absolute atomic E-state index is 0.357. The number of piperidine rings is 1. The zero-order chi connectivity index (χ0) is 14.8. The van der Waals surface area contributed by atoms with Gasteiger partial charge in [-0.15, -0.1) is 0 Å². The summed E-state index contributed by atoms with van der Waals surface area (Å²) in [6, 6.07) is 3.81. The minimum Gasteiger partial charge on any atom is -0.398 e. The molecule has 4 heteroatoms. The van der Waals surface area contributed by atoms with Crippen molar-refractivity contribution in [2.45, 2.75) is 57.2 Å². The van der Waals surface area contributed by atoms with Crippen molar-refractivity contribution in [3.8, 4) is 0 Å². The Morgan fingerprint density at radius 1 is 1.38 bits per heavy atom. The van der Waals surface area contributed by atoms with Crippen molar-refractivity contribution in [2.75, 3.05) is 19.3 Å². The average molecular weight is 288 g/mol. The lowest BCUT2D eigenvalue weighted by Gasteiger charge is -2.40. The van der Waals surface area contributed by atoms with Crippen molar-refractivity contribution in [1.29, 1.82) is 0 Å². The lowest BCUT2D eigenvalue weighted by Crippen LogP contribution is -2.44. The number of nitrogens with two attached hydrogens (primary N) is 1. The smallest absolute Gasteiger partial charge is 0.0393 e. The number of fused-ring (bicyclic) bond motifs is 2. The van der Waals surface area contributed by atoms with Crippen molar-refractivity contribution in [2.24, 2.45) is 5.92 Å². The summed E-state index contributed by atoms with van der Waals surface area (Å²) in [6.07, 6.45) is 10.2.